The highest BCUT2D eigenvalue weighted by atomic mass is 16.6. The van der Waals surface area contributed by atoms with Gasteiger partial charge >= 0.3 is 6.09 Å². The lowest BCUT2D eigenvalue weighted by atomic mass is 10.1. The molecule has 1 saturated carbocycles. The monoisotopic (exact) mass is 214 g/mol. The first-order valence-corrected chi connectivity index (χ1v) is 5.58. The molecule has 0 aromatic carbocycles. The number of amides is 1. The Morgan fingerprint density at radius 1 is 1.47 bits per heavy atom. The van der Waals surface area contributed by atoms with E-state index in [1.54, 1.807) is 0 Å². The zero-order chi connectivity index (χ0) is 11.5. The van der Waals surface area contributed by atoms with Crippen LogP contribution >= 0.6 is 0 Å². The van der Waals surface area contributed by atoms with Gasteiger partial charge in [0.25, 0.3) is 0 Å². The maximum absolute atomic E-state index is 11.5. The van der Waals surface area contributed by atoms with E-state index in [2.05, 4.69) is 5.32 Å². The van der Waals surface area contributed by atoms with E-state index < -0.39 is 5.60 Å². The Balaban J connectivity index is 2.31. The number of rotatable bonds is 4. The van der Waals surface area contributed by atoms with Gasteiger partial charge in [-0.1, -0.05) is 0 Å². The summed E-state index contributed by atoms with van der Waals surface area (Å²) >= 11 is 0. The third-order valence-electron chi connectivity index (χ3n) is 2.48. The zero-order valence-electron chi connectivity index (χ0n) is 9.93. The highest BCUT2D eigenvalue weighted by molar-refractivity contribution is 5.69. The number of nitrogens with one attached hydrogen (secondary N) is 1. The van der Waals surface area contributed by atoms with E-state index >= 15 is 0 Å². The predicted molar refractivity (Wildman–Crippen MR) is 59.6 cm³/mol. The van der Waals surface area contributed by atoms with E-state index in [1.165, 1.54) is 0 Å². The Kier molecular flexibility index (Phi) is 3.60. The van der Waals surface area contributed by atoms with Crippen LogP contribution in [0.3, 0.4) is 0 Å². The molecular weight excluding hydrogens is 192 g/mol. The molecule has 0 bridgehead atoms. The van der Waals surface area contributed by atoms with Crippen LogP contribution in [0.2, 0.25) is 0 Å². The fourth-order valence-corrected chi connectivity index (χ4v) is 1.55. The van der Waals surface area contributed by atoms with Gasteiger partial charge in [-0.2, -0.15) is 0 Å². The second kappa shape index (κ2) is 4.39. The summed E-state index contributed by atoms with van der Waals surface area (Å²) in [6, 6.07) is 0. The van der Waals surface area contributed by atoms with Crippen molar-refractivity contribution in [3.63, 3.8) is 0 Å². The minimum atomic E-state index is -0.423. The summed E-state index contributed by atoms with van der Waals surface area (Å²) in [4.78, 5) is 11.5. The molecule has 1 fully saturated rings. The Hall–Kier alpha value is -0.770. The number of nitrogens with two attached hydrogens (primary N) is 1. The lowest BCUT2D eigenvalue weighted by molar-refractivity contribution is 0.0493. The zero-order valence-corrected chi connectivity index (χ0v) is 9.93. The Labute approximate surface area is 91.5 Å². The molecule has 4 nitrogen and oxygen atoms in total. The Morgan fingerprint density at radius 3 is 2.47 bits per heavy atom. The Morgan fingerprint density at radius 2 is 2.07 bits per heavy atom. The third kappa shape index (κ3) is 4.51. The summed E-state index contributed by atoms with van der Waals surface area (Å²) in [5.74, 6) is 0. The molecule has 0 radical (unpaired) electrons. The highest BCUT2D eigenvalue weighted by Gasteiger charge is 2.43. The van der Waals surface area contributed by atoms with Gasteiger partial charge in [-0.25, -0.2) is 4.79 Å². The molecule has 1 rings (SSSR count). The lowest BCUT2D eigenvalue weighted by Gasteiger charge is -2.23. The maximum atomic E-state index is 11.5. The number of alkyl carbamates (subject to hydrolysis) is 1. The molecule has 1 amide bonds. The van der Waals surface area contributed by atoms with Crippen molar-refractivity contribution in [3.05, 3.63) is 0 Å². The lowest BCUT2D eigenvalue weighted by Crippen LogP contribution is -2.40. The molecular formula is C11H22N2O2. The van der Waals surface area contributed by atoms with Gasteiger partial charge in [0.1, 0.15) is 5.60 Å². The van der Waals surface area contributed by atoms with Crippen molar-refractivity contribution in [3.8, 4) is 0 Å². The van der Waals surface area contributed by atoms with Crippen molar-refractivity contribution in [2.24, 2.45) is 5.73 Å². The van der Waals surface area contributed by atoms with Crippen molar-refractivity contribution < 1.29 is 9.53 Å². The second-order valence-electron chi connectivity index (χ2n) is 5.30. The summed E-state index contributed by atoms with van der Waals surface area (Å²) in [7, 11) is 0. The molecule has 15 heavy (non-hydrogen) atoms. The molecule has 0 aromatic rings. The van der Waals surface area contributed by atoms with E-state index in [9.17, 15) is 4.79 Å². The maximum Gasteiger partial charge on any atom is 0.408 e. The van der Waals surface area contributed by atoms with Crippen LogP contribution in [0.15, 0.2) is 0 Å². The summed E-state index contributed by atoms with van der Waals surface area (Å²) < 4.78 is 5.21. The summed E-state index contributed by atoms with van der Waals surface area (Å²) in [5.41, 5.74) is 5.02. The van der Waals surface area contributed by atoms with Gasteiger partial charge < -0.3 is 15.8 Å². The summed E-state index contributed by atoms with van der Waals surface area (Å²) in [6.07, 6.45) is 3.70. The van der Waals surface area contributed by atoms with Gasteiger partial charge in [0, 0.05) is 5.54 Å². The summed E-state index contributed by atoms with van der Waals surface area (Å²) in [5, 5.41) is 2.94. The van der Waals surface area contributed by atoms with E-state index in [0.717, 1.165) is 25.7 Å². The topological polar surface area (TPSA) is 64.3 Å². The smallest absolute Gasteiger partial charge is 0.408 e. The van der Waals surface area contributed by atoms with E-state index in [4.69, 9.17) is 10.5 Å². The van der Waals surface area contributed by atoms with E-state index in [-0.39, 0.29) is 11.6 Å². The minimum Gasteiger partial charge on any atom is -0.444 e. The first-order valence-electron chi connectivity index (χ1n) is 5.58. The molecule has 88 valence electrons. The number of carbonyl (C=O) groups excluding carboxylic acids is 1. The molecule has 0 aliphatic heterocycles. The second-order valence-corrected chi connectivity index (χ2v) is 5.30. The minimum absolute atomic E-state index is 0.0122. The highest BCUT2D eigenvalue weighted by Crippen LogP contribution is 2.39. The van der Waals surface area contributed by atoms with Gasteiger partial charge in [0.05, 0.1) is 0 Å². The Bertz CT molecular complexity index is 229. The standard InChI is InChI=1S/C11H22N2O2/c1-10(2,3)15-9(14)13-11(6-7-11)5-4-8-12/h4-8,12H2,1-3H3,(H,13,14). The number of hydrogen-bond donors (Lipinski definition) is 2. The van der Waals surface area contributed by atoms with Crippen LogP contribution in [0.25, 0.3) is 0 Å². The molecule has 0 unspecified atom stereocenters. The molecule has 0 spiro atoms. The van der Waals surface area contributed by atoms with Crippen LogP contribution in [0.1, 0.15) is 46.5 Å². The molecule has 0 aromatic heterocycles. The average molecular weight is 214 g/mol. The van der Waals surface area contributed by atoms with Gasteiger partial charge in [0.2, 0.25) is 0 Å². The van der Waals surface area contributed by atoms with Crippen molar-refractivity contribution in [2.75, 3.05) is 6.54 Å². The SMILES string of the molecule is CC(C)(C)OC(=O)NC1(CCCN)CC1. The van der Waals surface area contributed by atoms with Crippen LogP contribution in [-0.4, -0.2) is 23.8 Å². The average Bonchev–Trinajstić information content (AvgIpc) is 2.78. The van der Waals surface area contributed by atoms with E-state index in [1.807, 2.05) is 20.8 Å². The van der Waals surface area contributed by atoms with Gasteiger partial charge in [0.15, 0.2) is 0 Å². The molecule has 1 aliphatic carbocycles. The molecule has 0 saturated heterocycles. The van der Waals surface area contributed by atoms with E-state index in [0.29, 0.717) is 6.54 Å². The van der Waals surface area contributed by atoms with Crippen molar-refractivity contribution in [1.82, 2.24) is 5.32 Å². The van der Waals surface area contributed by atoms with Crippen LogP contribution < -0.4 is 11.1 Å². The number of carbonyl (C=O) groups is 1. The quantitative estimate of drug-likeness (QED) is 0.749. The first-order chi connectivity index (χ1) is 6.87. The fraction of sp³-hybridized carbons (Fsp3) is 0.909. The normalized spacial score (nSPS) is 18.4. The molecule has 3 N–H and O–H groups in total. The summed E-state index contributed by atoms with van der Waals surface area (Å²) in [6.45, 7) is 6.28. The van der Waals surface area contributed by atoms with Crippen LogP contribution in [-0.2, 0) is 4.74 Å². The first kappa shape index (κ1) is 12.3. The number of ether oxygens (including phenoxy) is 1. The van der Waals surface area contributed by atoms with Gasteiger partial charge in [-0.15, -0.1) is 0 Å². The number of hydrogen-bond acceptors (Lipinski definition) is 3. The predicted octanol–water partition coefficient (Wildman–Crippen LogP) is 1.78. The molecule has 1 aliphatic rings. The van der Waals surface area contributed by atoms with Crippen LogP contribution in [0.5, 0.6) is 0 Å². The largest absolute Gasteiger partial charge is 0.444 e. The molecule has 0 atom stereocenters. The van der Waals surface area contributed by atoms with Gasteiger partial charge in [-0.05, 0) is 53.0 Å². The molecule has 4 heteroatoms. The van der Waals surface area contributed by atoms with Gasteiger partial charge in [-0.3, -0.25) is 0 Å². The van der Waals surface area contributed by atoms with Crippen molar-refractivity contribution in [2.45, 2.75) is 57.6 Å². The van der Waals surface area contributed by atoms with Crippen molar-refractivity contribution in [1.29, 1.82) is 0 Å². The van der Waals surface area contributed by atoms with Crippen LogP contribution in [0.4, 0.5) is 4.79 Å². The van der Waals surface area contributed by atoms with Crippen LogP contribution in [0, 0.1) is 0 Å². The van der Waals surface area contributed by atoms with Crippen molar-refractivity contribution >= 4 is 6.09 Å². The third-order valence-corrected chi connectivity index (χ3v) is 2.48. The molecule has 0 heterocycles. The fourth-order valence-electron chi connectivity index (χ4n) is 1.55.